The Morgan fingerprint density at radius 3 is 2.17 bits per heavy atom. The van der Waals surface area contributed by atoms with Crippen molar-refractivity contribution in [3.63, 3.8) is 0 Å². The van der Waals surface area contributed by atoms with Crippen molar-refractivity contribution in [1.29, 1.82) is 0 Å². The topological polar surface area (TPSA) is 77.0 Å². The molecule has 29 heavy (non-hydrogen) atoms. The molecule has 1 aliphatic rings. The Labute approximate surface area is 183 Å². The molecule has 0 bridgehead atoms. The lowest BCUT2D eigenvalue weighted by molar-refractivity contribution is -0.142. The highest BCUT2D eigenvalue weighted by atomic mass is 127. The van der Waals surface area contributed by atoms with Crippen molar-refractivity contribution >= 4 is 40.0 Å². The molecule has 0 amide bonds. The molecule has 2 N–H and O–H groups in total. The first-order valence-electron chi connectivity index (χ1n) is 8.63. The van der Waals surface area contributed by atoms with Gasteiger partial charge in [-0.1, -0.05) is 0 Å². The number of rotatable bonds is 7. The summed E-state index contributed by atoms with van der Waals surface area (Å²) >= 11 is 0. The summed E-state index contributed by atoms with van der Waals surface area (Å²) in [6.07, 6.45) is -4.01. The van der Waals surface area contributed by atoms with Crippen LogP contribution in [0.1, 0.15) is 19.8 Å². The van der Waals surface area contributed by atoms with E-state index in [2.05, 4.69) is 15.6 Å². The zero-order valence-corrected chi connectivity index (χ0v) is 19.1. The van der Waals surface area contributed by atoms with Crippen LogP contribution in [0.25, 0.3) is 0 Å². The minimum Gasteiger partial charge on any atom is -0.357 e. The van der Waals surface area contributed by atoms with Crippen LogP contribution in [0.3, 0.4) is 0 Å². The van der Waals surface area contributed by atoms with Gasteiger partial charge in [-0.2, -0.15) is 30.6 Å². The van der Waals surface area contributed by atoms with Gasteiger partial charge in [-0.15, -0.1) is 24.0 Å². The second-order valence-electron chi connectivity index (χ2n) is 6.38. The van der Waals surface area contributed by atoms with Crippen molar-refractivity contribution < 1.29 is 34.8 Å². The van der Waals surface area contributed by atoms with E-state index in [0.29, 0.717) is 16.8 Å². The molecule has 0 aromatic rings. The molecule has 1 aliphatic heterocycles. The summed E-state index contributed by atoms with van der Waals surface area (Å²) in [6.45, 7) is 0.789. The number of hydrogen-bond acceptors (Lipinski definition) is 4. The zero-order chi connectivity index (χ0) is 21.6. The molecule has 1 saturated heterocycles. The Morgan fingerprint density at radius 1 is 1.17 bits per heavy atom. The Morgan fingerprint density at radius 2 is 1.72 bits per heavy atom. The van der Waals surface area contributed by atoms with Gasteiger partial charge in [0.25, 0.3) is 0 Å². The SMILES string of the molecule is CCNC(=NCCN(C)CC(F)(F)F)NC1CCN(S(=O)(=O)C(F)(F)F)CC1.I. The fraction of sp³-hybridized carbons (Fsp3) is 0.929. The summed E-state index contributed by atoms with van der Waals surface area (Å²) in [5.74, 6) is 0.319. The van der Waals surface area contributed by atoms with Gasteiger partial charge in [0.15, 0.2) is 5.96 Å². The molecule has 0 aliphatic carbocycles. The highest BCUT2D eigenvalue weighted by molar-refractivity contribution is 14.0. The van der Waals surface area contributed by atoms with E-state index in [9.17, 15) is 34.8 Å². The van der Waals surface area contributed by atoms with Crippen molar-refractivity contribution in [1.82, 2.24) is 19.8 Å². The van der Waals surface area contributed by atoms with Crippen LogP contribution in [0.2, 0.25) is 0 Å². The Balaban J connectivity index is 0.00000784. The standard InChI is InChI=1S/C14H25F6N5O2S.HI/c1-3-21-12(22-6-9-24(2)10-13(15,16)17)23-11-4-7-25(8-5-11)28(26,27)14(18,19)20;/h11H,3-10H2,1-2H3,(H2,21,22,23);1H. The van der Waals surface area contributed by atoms with Crippen LogP contribution >= 0.6 is 24.0 Å². The molecular formula is C14H26F6IN5O2S. The molecule has 0 atom stereocenters. The number of sulfonamides is 1. The molecule has 15 heteroatoms. The number of nitrogens with zero attached hydrogens (tertiary/aromatic N) is 3. The van der Waals surface area contributed by atoms with E-state index in [1.165, 1.54) is 7.05 Å². The monoisotopic (exact) mass is 569 g/mol. The van der Waals surface area contributed by atoms with Crippen molar-refractivity contribution in [2.24, 2.45) is 4.99 Å². The van der Waals surface area contributed by atoms with Crippen LogP contribution in [0.15, 0.2) is 4.99 Å². The number of aliphatic imine (C=N–C) groups is 1. The highest BCUT2D eigenvalue weighted by Gasteiger charge is 2.50. The van der Waals surface area contributed by atoms with E-state index >= 15 is 0 Å². The first-order chi connectivity index (χ1) is 12.8. The maximum absolute atomic E-state index is 12.6. The molecule has 174 valence electrons. The first-order valence-corrected chi connectivity index (χ1v) is 10.1. The Hall–Kier alpha value is -0.550. The summed E-state index contributed by atoms with van der Waals surface area (Å²) < 4.78 is 97.8. The second kappa shape index (κ2) is 11.7. The molecule has 0 aromatic carbocycles. The number of halogens is 7. The molecule has 1 heterocycles. The normalized spacial score (nSPS) is 17.9. The third-order valence-electron chi connectivity index (χ3n) is 3.97. The quantitative estimate of drug-likeness (QED) is 0.212. The van der Waals surface area contributed by atoms with Gasteiger partial charge in [0.2, 0.25) is 0 Å². The first kappa shape index (κ1) is 28.5. The lowest BCUT2D eigenvalue weighted by Crippen LogP contribution is -2.51. The maximum atomic E-state index is 12.6. The summed E-state index contributed by atoms with van der Waals surface area (Å²) in [6, 6.07) is -0.301. The number of piperidine rings is 1. The van der Waals surface area contributed by atoms with Crippen molar-refractivity contribution in [2.75, 3.05) is 46.3 Å². The number of nitrogens with one attached hydrogen (secondary N) is 2. The summed E-state index contributed by atoms with van der Waals surface area (Å²) in [5, 5.41) is 5.89. The molecule has 1 rings (SSSR count). The molecule has 7 nitrogen and oxygen atoms in total. The van der Waals surface area contributed by atoms with E-state index in [1.54, 1.807) is 6.92 Å². The molecular weight excluding hydrogens is 543 g/mol. The van der Waals surface area contributed by atoms with E-state index in [-0.39, 0.29) is 69.0 Å². The van der Waals surface area contributed by atoms with Gasteiger partial charge >= 0.3 is 21.7 Å². The van der Waals surface area contributed by atoms with Crippen LogP contribution in [-0.2, 0) is 10.0 Å². The van der Waals surface area contributed by atoms with Crippen molar-refractivity contribution in [2.45, 2.75) is 37.5 Å². The number of guanidine groups is 1. The van der Waals surface area contributed by atoms with E-state index in [0.717, 1.165) is 4.90 Å². The van der Waals surface area contributed by atoms with Crippen molar-refractivity contribution in [3.8, 4) is 0 Å². The highest BCUT2D eigenvalue weighted by Crippen LogP contribution is 2.28. The van der Waals surface area contributed by atoms with Crippen molar-refractivity contribution in [3.05, 3.63) is 0 Å². The van der Waals surface area contributed by atoms with Crippen LogP contribution in [-0.4, -0.2) is 87.6 Å². The third-order valence-corrected chi connectivity index (χ3v) is 5.60. The molecule has 0 saturated carbocycles. The van der Waals surface area contributed by atoms with E-state index in [1.807, 2.05) is 0 Å². The molecule has 1 fully saturated rings. The Kier molecular flexibility index (Phi) is 11.5. The molecule has 0 aromatic heterocycles. The van der Waals surface area contributed by atoms with Crippen LogP contribution in [0.4, 0.5) is 26.3 Å². The third kappa shape index (κ3) is 9.87. The lowest BCUT2D eigenvalue weighted by Gasteiger charge is -2.32. The zero-order valence-electron chi connectivity index (χ0n) is 16.0. The average molecular weight is 569 g/mol. The fourth-order valence-electron chi connectivity index (χ4n) is 2.62. The summed E-state index contributed by atoms with van der Waals surface area (Å²) in [5.41, 5.74) is -5.33. The van der Waals surface area contributed by atoms with Gasteiger partial charge < -0.3 is 10.6 Å². The molecule has 0 spiro atoms. The summed E-state index contributed by atoms with van der Waals surface area (Å²) in [4.78, 5) is 5.24. The predicted molar refractivity (Wildman–Crippen MR) is 108 cm³/mol. The number of alkyl halides is 6. The molecule has 0 radical (unpaired) electrons. The fourth-order valence-corrected chi connectivity index (χ4v) is 3.60. The van der Waals surface area contributed by atoms with Gasteiger partial charge in [-0.05, 0) is 26.8 Å². The summed E-state index contributed by atoms with van der Waals surface area (Å²) in [7, 11) is -4.02. The van der Waals surface area contributed by atoms with Crippen LogP contribution in [0.5, 0.6) is 0 Å². The lowest BCUT2D eigenvalue weighted by atomic mass is 10.1. The second-order valence-corrected chi connectivity index (χ2v) is 8.31. The number of hydrogen-bond donors (Lipinski definition) is 2. The minimum atomic E-state index is -5.34. The largest absolute Gasteiger partial charge is 0.511 e. The predicted octanol–water partition coefficient (Wildman–Crippen LogP) is 1.97. The van der Waals surface area contributed by atoms with Gasteiger partial charge in [-0.25, -0.2) is 8.42 Å². The maximum Gasteiger partial charge on any atom is 0.511 e. The van der Waals surface area contributed by atoms with Crippen LogP contribution < -0.4 is 10.6 Å². The van der Waals surface area contributed by atoms with E-state index in [4.69, 9.17) is 0 Å². The smallest absolute Gasteiger partial charge is 0.357 e. The average Bonchev–Trinajstić information content (AvgIpc) is 2.52. The van der Waals surface area contributed by atoms with Crippen LogP contribution in [0, 0.1) is 0 Å². The van der Waals surface area contributed by atoms with Gasteiger partial charge in [0.05, 0.1) is 13.1 Å². The number of likely N-dealkylation sites (N-methyl/N-ethyl adjacent to an activating group) is 1. The Bertz CT molecular complexity index is 621. The minimum absolute atomic E-state index is 0. The van der Waals surface area contributed by atoms with E-state index < -0.39 is 28.3 Å². The van der Waals surface area contributed by atoms with Gasteiger partial charge in [-0.3, -0.25) is 9.89 Å². The molecule has 0 unspecified atom stereocenters. The van der Waals surface area contributed by atoms with Gasteiger partial charge in [0.1, 0.15) is 0 Å². The van der Waals surface area contributed by atoms with Gasteiger partial charge in [0, 0.05) is 32.2 Å².